The molecule has 1 heterocycles. The van der Waals surface area contributed by atoms with Gasteiger partial charge in [-0.3, -0.25) is 14.4 Å². The number of carbonyl (C=O) groups is 3. The lowest BCUT2D eigenvalue weighted by molar-refractivity contribution is 0.0943. The maximum absolute atomic E-state index is 12.8. The van der Waals surface area contributed by atoms with E-state index in [1.807, 2.05) is 0 Å². The minimum absolute atomic E-state index is 0.0323. The summed E-state index contributed by atoms with van der Waals surface area (Å²) in [5, 5.41) is 7.60. The normalized spacial score (nSPS) is 10.5. The summed E-state index contributed by atoms with van der Waals surface area (Å²) in [5.74, 6) is -1.61. The van der Waals surface area contributed by atoms with Crippen molar-refractivity contribution in [3.63, 3.8) is 0 Å². The van der Waals surface area contributed by atoms with Crippen LogP contribution in [0, 0.1) is 0 Å². The Bertz CT molecular complexity index is 1080. The van der Waals surface area contributed by atoms with E-state index in [9.17, 15) is 23.2 Å². The molecule has 0 bridgehead atoms. The second kappa shape index (κ2) is 8.95. The summed E-state index contributed by atoms with van der Waals surface area (Å²) in [5.41, 5.74) is 0.644. The first-order chi connectivity index (χ1) is 14.4. The highest BCUT2D eigenvalue weighted by Crippen LogP contribution is 2.21. The van der Waals surface area contributed by atoms with E-state index in [-0.39, 0.29) is 22.5 Å². The van der Waals surface area contributed by atoms with Gasteiger partial charge in [0, 0.05) is 29.5 Å². The van der Waals surface area contributed by atoms with Crippen molar-refractivity contribution in [1.82, 2.24) is 15.3 Å². The fourth-order valence-corrected chi connectivity index (χ4v) is 2.61. The third-order valence-corrected chi connectivity index (χ3v) is 4.11. The predicted molar refractivity (Wildman–Crippen MR) is 106 cm³/mol. The van der Waals surface area contributed by atoms with E-state index in [4.69, 9.17) is 0 Å². The highest BCUT2D eigenvalue weighted by atomic mass is 19.3. The van der Waals surface area contributed by atoms with Gasteiger partial charge >= 0.3 is 0 Å². The fraction of sp³-hybridized carbons (Fsp3) is 0.100. The van der Waals surface area contributed by atoms with E-state index in [1.54, 1.807) is 0 Å². The van der Waals surface area contributed by atoms with Crippen molar-refractivity contribution in [2.45, 2.75) is 6.43 Å². The zero-order chi connectivity index (χ0) is 21.7. The standard InChI is InChI=1S/C20H17F2N5O3/c1-23-19(29)15-16(25-10-24-15)20(30)27-14-7-5-13(6-8-14)26-18(28)12-4-2-3-11(9-12)17(21)22/h2-10,17H,1H3,(H,23,29)(H,24,25)(H,26,28)(H,27,30). The molecule has 3 rings (SSSR count). The zero-order valence-electron chi connectivity index (χ0n) is 15.7. The molecule has 0 fully saturated rings. The van der Waals surface area contributed by atoms with E-state index in [0.717, 1.165) is 6.07 Å². The van der Waals surface area contributed by atoms with Crippen LogP contribution in [0.5, 0.6) is 0 Å². The summed E-state index contributed by atoms with van der Waals surface area (Å²) in [6, 6.07) is 11.3. The van der Waals surface area contributed by atoms with Gasteiger partial charge in [-0.15, -0.1) is 0 Å². The number of alkyl halides is 2. The fourth-order valence-electron chi connectivity index (χ4n) is 2.61. The van der Waals surface area contributed by atoms with Crippen LogP contribution >= 0.6 is 0 Å². The number of H-pyrrole nitrogens is 1. The minimum Gasteiger partial charge on any atom is -0.354 e. The summed E-state index contributed by atoms with van der Waals surface area (Å²) >= 11 is 0. The van der Waals surface area contributed by atoms with Crippen LogP contribution in [0.15, 0.2) is 54.9 Å². The van der Waals surface area contributed by atoms with E-state index in [2.05, 4.69) is 25.9 Å². The van der Waals surface area contributed by atoms with E-state index in [1.165, 1.54) is 55.8 Å². The molecule has 10 heteroatoms. The number of rotatable bonds is 6. The average Bonchev–Trinajstić information content (AvgIpc) is 3.24. The number of hydrogen-bond acceptors (Lipinski definition) is 4. The first kappa shape index (κ1) is 20.6. The summed E-state index contributed by atoms with van der Waals surface area (Å²) in [4.78, 5) is 42.8. The summed E-state index contributed by atoms with van der Waals surface area (Å²) < 4.78 is 25.6. The van der Waals surface area contributed by atoms with Gasteiger partial charge in [-0.1, -0.05) is 12.1 Å². The van der Waals surface area contributed by atoms with Gasteiger partial charge < -0.3 is 20.9 Å². The molecule has 0 aliphatic carbocycles. The van der Waals surface area contributed by atoms with Crippen LogP contribution in [0.3, 0.4) is 0 Å². The van der Waals surface area contributed by atoms with Gasteiger partial charge in [0.05, 0.1) is 6.33 Å². The van der Waals surface area contributed by atoms with Gasteiger partial charge in [-0.2, -0.15) is 0 Å². The van der Waals surface area contributed by atoms with Crippen LogP contribution in [0.4, 0.5) is 20.2 Å². The van der Waals surface area contributed by atoms with Crippen molar-refractivity contribution < 1.29 is 23.2 Å². The Balaban J connectivity index is 1.66. The van der Waals surface area contributed by atoms with Gasteiger partial charge in [0.2, 0.25) is 0 Å². The second-order valence-electron chi connectivity index (χ2n) is 6.12. The molecule has 0 saturated heterocycles. The third-order valence-electron chi connectivity index (χ3n) is 4.11. The van der Waals surface area contributed by atoms with Crippen LogP contribution in [0.1, 0.15) is 43.3 Å². The number of halogens is 2. The first-order valence-corrected chi connectivity index (χ1v) is 8.75. The van der Waals surface area contributed by atoms with Gasteiger partial charge in [0.15, 0.2) is 5.69 Å². The lowest BCUT2D eigenvalue weighted by atomic mass is 10.1. The number of aromatic amines is 1. The van der Waals surface area contributed by atoms with Gasteiger partial charge in [-0.05, 0) is 36.4 Å². The van der Waals surface area contributed by atoms with E-state index >= 15 is 0 Å². The van der Waals surface area contributed by atoms with Crippen molar-refractivity contribution in [2.24, 2.45) is 0 Å². The Morgan fingerprint density at radius 1 is 0.933 bits per heavy atom. The number of nitrogens with one attached hydrogen (secondary N) is 4. The van der Waals surface area contributed by atoms with Crippen molar-refractivity contribution >= 4 is 29.1 Å². The Hall–Kier alpha value is -4.08. The van der Waals surface area contributed by atoms with Crippen LogP contribution < -0.4 is 16.0 Å². The summed E-state index contributed by atoms with van der Waals surface area (Å²) in [7, 11) is 1.43. The molecule has 0 aliphatic heterocycles. The SMILES string of the molecule is CNC(=O)c1[nH]cnc1C(=O)Nc1ccc(NC(=O)c2cccc(C(F)F)c2)cc1. The lowest BCUT2D eigenvalue weighted by Crippen LogP contribution is -2.23. The van der Waals surface area contributed by atoms with Crippen LogP contribution in [0.25, 0.3) is 0 Å². The quantitative estimate of drug-likeness (QED) is 0.497. The predicted octanol–water partition coefficient (Wildman–Crippen LogP) is 3.21. The number of anilines is 2. The molecule has 30 heavy (non-hydrogen) atoms. The lowest BCUT2D eigenvalue weighted by Gasteiger charge is -2.09. The molecular formula is C20H17F2N5O3. The molecule has 0 atom stereocenters. The van der Waals surface area contributed by atoms with Crippen LogP contribution in [-0.2, 0) is 0 Å². The maximum Gasteiger partial charge on any atom is 0.276 e. The number of nitrogens with zero attached hydrogens (tertiary/aromatic N) is 1. The largest absolute Gasteiger partial charge is 0.354 e. The van der Waals surface area contributed by atoms with Crippen molar-refractivity contribution in [2.75, 3.05) is 17.7 Å². The number of hydrogen-bond donors (Lipinski definition) is 4. The number of carbonyl (C=O) groups excluding carboxylic acids is 3. The van der Waals surface area contributed by atoms with Crippen molar-refractivity contribution in [3.05, 3.63) is 77.4 Å². The van der Waals surface area contributed by atoms with Crippen LogP contribution in [-0.4, -0.2) is 34.7 Å². The number of imidazole rings is 1. The number of aromatic nitrogens is 2. The molecule has 3 amide bonds. The monoisotopic (exact) mass is 413 g/mol. The van der Waals surface area contributed by atoms with Crippen molar-refractivity contribution in [3.8, 4) is 0 Å². The Morgan fingerprint density at radius 3 is 2.17 bits per heavy atom. The Labute approximate surface area is 169 Å². The zero-order valence-corrected chi connectivity index (χ0v) is 15.7. The molecule has 3 aromatic rings. The van der Waals surface area contributed by atoms with E-state index in [0.29, 0.717) is 11.4 Å². The van der Waals surface area contributed by atoms with Gasteiger partial charge in [0.25, 0.3) is 24.1 Å². The minimum atomic E-state index is -2.67. The maximum atomic E-state index is 12.8. The molecule has 1 aromatic heterocycles. The highest BCUT2D eigenvalue weighted by Gasteiger charge is 2.19. The summed E-state index contributed by atoms with van der Waals surface area (Å²) in [6.07, 6.45) is -1.43. The molecule has 0 radical (unpaired) electrons. The molecule has 0 unspecified atom stereocenters. The first-order valence-electron chi connectivity index (χ1n) is 8.75. The highest BCUT2D eigenvalue weighted by molar-refractivity contribution is 6.10. The van der Waals surface area contributed by atoms with E-state index < -0.39 is 24.1 Å². The molecule has 2 aromatic carbocycles. The molecule has 0 saturated carbocycles. The molecule has 154 valence electrons. The topological polar surface area (TPSA) is 116 Å². The van der Waals surface area contributed by atoms with Gasteiger partial charge in [0.1, 0.15) is 5.69 Å². The third kappa shape index (κ3) is 4.66. The molecule has 0 spiro atoms. The van der Waals surface area contributed by atoms with Crippen LogP contribution in [0.2, 0.25) is 0 Å². The summed E-state index contributed by atoms with van der Waals surface area (Å²) in [6.45, 7) is 0. The van der Waals surface area contributed by atoms with Crippen molar-refractivity contribution in [1.29, 1.82) is 0 Å². The molecule has 4 N–H and O–H groups in total. The molecule has 0 aliphatic rings. The number of amides is 3. The Morgan fingerprint density at radius 2 is 1.57 bits per heavy atom. The Kier molecular flexibility index (Phi) is 6.16. The molecule has 8 nitrogen and oxygen atoms in total. The average molecular weight is 413 g/mol. The number of benzene rings is 2. The smallest absolute Gasteiger partial charge is 0.276 e. The van der Waals surface area contributed by atoms with Gasteiger partial charge in [-0.25, -0.2) is 13.8 Å². The molecular weight excluding hydrogens is 396 g/mol. The second-order valence-corrected chi connectivity index (χ2v) is 6.12.